The molecule has 0 aliphatic rings. The molecule has 0 unspecified atom stereocenters. The van der Waals surface area contributed by atoms with E-state index in [1.165, 1.54) is 6.92 Å². The van der Waals surface area contributed by atoms with E-state index in [9.17, 15) is 24.0 Å². The summed E-state index contributed by atoms with van der Waals surface area (Å²) in [6.07, 6.45) is 0.436. The summed E-state index contributed by atoms with van der Waals surface area (Å²) in [4.78, 5) is 62.7. The van der Waals surface area contributed by atoms with E-state index in [0.717, 1.165) is 5.56 Å². The van der Waals surface area contributed by atoms with Crippen molar-refractivity contribution in [1.29, 1.82) is 0 Å². The van der Waals surface area contributed by atoms with Crippen LogP contribution < -0.4 is 27.4 Å². The van der Waals surface area contributed by atoms with Crippen molar-refractivity contribution in [2.24, 2.45) is 23.3 Å². The van der Waals surface area contributed by atoms with Gasteiger partial charge in [0.15, 0.2) is 0 Å². The number of nitrogens with two attached hydrogens (primary N) is 2. The van der Waals surface area contributed by atoms with Crippen LogP contribution in [0.2, 0.25) is 0 Å². The van der Waals surface area contributed by atoms with Crippen LogP contribution in [0.1, 0.15) is 59.4 Å². The topological polar surface area (TPSA) is 183 Å². The SMILES string of the molecule is CC[C@@H](C)[C@H](NC(=O)[C@@H](CC(=O)OCc1ccccc1)NC(=O)[C@H](N)CC(C)C)C(=O)N[C@@H](C)C(N)=O. The van der Waals surface area contributed by atoms with Gasteiger partial charge in [-0.15, -0.1) is 0 Å². The molecule has 4 amide bonds. The second-order valence-corrected chi connectivity index (χ2v) is 9.65. The lowest BCUT2D eigenvalue weighted by Gasteiger charge is -2.27. The molecular weight excluding hydrogens is 478 g/mol. The first kappa shape index (κ1) is 31.6. The van der Waals surface area contributed by atoms with Gasteiger partial charge in [0, 0.05) is 0 Å². The number of carbonyl (C=O) groups is 5. The summed E-state index contributed by atoms with van der Waals surface area (Å²) in [6, 6.07) is 4.79. The van der Waals surface area contributed by atoms with Crippen molar-refractivity contribution in [2.45, 2.75) is 84.7 Å². The number of amides is 4. The molecule has 0 aliphatic carbocycles. The summed E-state index contributed by atoms with van der Waals surface area (Å²) in [5, 5.41) is 7.61. The van der Waals surface area contributed by atoms with Crippen LogP contribution >= 0.6 is 0 Å². The summed E-state index contributed by atoms with van der Waals surface area (Å²) in [5.74, 6) is -3.60. The highest BCUT2D eigenvalue weighted by atomic mass is 16.5. The lowest BCUT2D eigenvalue weighted by molar-refractivity contribution is -0.147. The van der Waals surface area contributed by atoms with Crippen LogP contribution in [0.25, 0.3) is 0 Å². The summed E-state index contributed by atoms with van der Waals surface area (Å²) < 4.78 is 5.28. The number of hydrogen-bond acceptors (Lipinski definition) is 7. The van der Waals surface area contributed by atoms with Crippen LogP contribution in [0.4, 0.5) is 0 Å². The predicted molar refractivity (Wildman–Crippen MR) is 138 cm³/mol. The molecule has 7 N–H and O–H groups in total. The molecule has 0 radical (unpaired) electrons. The maximum atomic E-state index is 13.2. The fourth-order valence-corrected chi connectivity index (χ4v) is 3.40. The minimum absolute atomic E-state index is 0.00225. The predicted octanol–water partition coefficient (Wildman–Crippen LogP) is 0.499. The van der Waals surface area contributed by atoms with E-state index in [4.69, 9.17) is 16.2 Å². The second kappa shape index (κ2) is 15.6. The molecule has 0 aliphatic heterocycles. The second-order valence-electron chi connectivity index (χ2n) is 9.65. The zero-order chi connectivity index (χ0) is 28.1. The molecule has 0 heterocycles. The Hall–Kier alpha value is -3.47. The average molecular weight is 520 g/mol. The summed E-state index contributed by atoms with van der Waals surface area (Å²) in [6.45, 7) is 8.82. The van der Waals surface area contributed by atoms with Crippen molar-refractivity contribution >= 4 is 29.6 Å². The fraction of sp³-hybridized carbons (Fsp3) is 0.577. The molecule has 1 rings (SSSR count). The van der Waals surface area contributed by atoms with Crippen molar-refractivity contribution in [1.82, 2.24) is 16.0 Å². The molecule has 1 aromatic rings. The van der Waals surface area contributed by atoms with Gasteiger partial charge in [0.25, 0.3) is 0 Å². The number of esters is 1. The van der Waals surface area contributed by atoms with E-state index in [0.29, 0.717) is 12.8 Å². The maximum absolute atomic E-state index is 13.2. The zero-order valence-corrected chi connectivity index (χ0v) is 22.3. The van der Waals surface area contributed by atoms with Crippen molar-refractivity contribution in [3.8, 4) is 0 Å². The molecule has 0 aromatic heterocycles. The number of hydrogen-bond donors (Lipinski definition) is 5. The Morgan fingerprint density at radius 2 is 1.51 bits per heavy atom. The maximum Gasteiger partial charge on any atom is 0.308 e. The van der Waals surface area contributed by atoms with Gasteiger partial charge in [-0.25, -0.2) is 0 Å². The number of nitrogens with one attached hydrogen (secondary N) is 3. The molecular formula is C26H41N5O6. The van der Waals surface area contributed by atoms with Crippen LogP contribution in [0, 0.1) is 11.8 Å². The molecule has 11 heteroatoms. The summed E-state index contributed by atoms with van der Waals surface area (Å²) in [7, 11) is 0. The minimum atomic E-state index is -1.33. The van der Waals surface area contributed by atoms with Crippen molar-refractivity contribution < 1.29 is 28.7 Å². The van der Waals surface area contributed by atoms with Crippen LogP contribution in [0.15, 0.2) is 30.3 Å². The van der Waals surface area contributed by atoms with Gasteiger partial charge < -0.3 is 32.2 Å². The monoisotopic (exact) mass is 519 g/mol. The van der Waals surface area contributed by atoms with Crippen LogP contribution in [0.3, 0.4) is 0 Å². The minimum Gasteiger partial charge on any atom is -0.461 e. The number of benzene rings is 1. The van der Waals surface area contributed by atoms with Gasteiger partial charge in [0.2, 0.25) is 23.6 Å². The van der Waals surface area contributed by atoms with Crippen LogP contribution in [0.5, 0.6) is 0 Å². The molecule has 11 nitrogen and oxygen atoms in total. The van der Waals surface area contributed by atoms with E-state index in [1.54, 1.807) is 31.2 Å². The quantitative estimate of drug-likeness (QED) is 0.209. The smallest absolute Gasteiger partial charge is 0.308 e. The summed E-state index contributed by atoms with van der Waals surface area (Å²) >= 11 is 0. The van der Waals surface area contributed by atoms with Gasteiger partial charge in [0.1, 0.15) is 24.7 Å². The molecule has 0 spiro atoms. The molecule has 37 heavy (non-hydrogen) atoms. The van der Waals surface area contributed by atoms with Gasteiger partial charge in [-0.2, -0.15) is 0 Å². The van der Waals surface area contributed by atoms with E-state index < -0.39 is 60.2 Å². The van der Waals surface area contributed by atoms with Crippen molar-refractivity contribution in [3.05, 3.63) is 35.9 Å². The Balaban J connectivity index is 3.04. The third-order valence-corrected chi connectivity index (χ3v) is 5.89. The number of carbonyl (C=O) groups excluding carboxylic acids is 5. The molecule has 0 saturated heterocycles. The number of rotatable bonds is 15. The Morgan fingerprint density at radius 3 is 2.05 bits per heavy atom. The third-order valence-electron chi connectivity index (χ3n) is 5.89. The highest BCUT2D eigenvalue weighted by Crippen LogP contribution is 2.11. The molecule has 0 bridgehead atoms. The Kier molecular flexibility index (Phi) is 13.3. The molecule has 0 fully saturated rings. The van der Waals surface area contributed by atoms with E-state index >= 15 is 0 Å². The normalized spacial score (nSPS) is 15.0. The lowest BCUT2D eigenvalue weighted by atomic mass is 9.97. The van der Waals surface area contributed by atoms with Gasteiger partial charge >= 0.3 is 5.97 Å². The van der Waals surface area contributed by atoms with Gasteiger partial charge in [-0.3, -0.25) is 24.0 Å². The van der Waals surface area contributed by atoms with E-state index in [-0.39, 0.29) is 18.4 Å². The molecule has 1 aromatic carbocycles. The van der Waals surface area contributed by atoms with E-state index in [2.05, 4.69) is 16.0 Å². The Labute approximate surface area is 218 Å². The first-order valence-corrected chi connectivity index (χ1v) is 12.5. The van der Waals surface area contributed by atoms with Gasteiger partial charge in [0.05, 0.1) is 12.5 Å². The molecule has 5 atom stereocenters. The number of primary amides is 1. The fourth-order valence-electron chi connectivity index (χ4n) is 3.40. The highest BCUT2D eigenvalue weighted by molar-refractivity contribution is 5.96. The molecule has 0 saturated carbocycles. The average Bonchev–Trinajstić information content (AvgIpc) is 2.84. The van der Waals surface area contributed by atoms with Crippen LogP contribution in [-0.2, 0) is 35.3 Å². The Bertz CT molecular complexity index is 923. The van der Waals surface area contributed by atoms with Crippen molar-refractivity contribution in [3.63, 3.8) is 0 Å². The molecule has 206 valence electrons. The van der Waals surface area contributed by atoms with Crippen LogP contribution in [-0.4, -0.2) is 53.8 Å². The number of ether oxygens (including phenoxy) is 1. The van der Waals surface area contributed by atoms with E-state index in [1.807, 2.05) is 26.8 Å². The highest BCUT2D eigenvalue weighted by Gasteiger charge is 2.33. The summed E-state index contributed by atoms with van der Waals surface area (Å²) in [5.41, 5.74) is 12.0. The first-order valence-electron chi connectivity index (χ1n) is 12.5. The van der Waals surface area contributed by atoms with Crippen molar-refractivity contribution in [2.75, 3.05) is 0 Å². The largest absolute Gasteiger partial charge is 0.461 e. The lowest BCUT2D eigenvalue weighted by Crippen LogP contribution is -2.59. The first-order chi connectivity index (χ1) is 17.3. The standard InChI is InChI=1S/C26H41N5O6/c1-6-16(4)22(26(36)29-17(5)23(28)33)31-25(35)20(30-24(34)19(27)12-15(2)3)13-21(32)37-14-18-10-8-7-9-11-18/h7-11,15-17,19-20,22H,6,12-14,27H2,1-5H3,(H2,28,33)(H,29,36)(H,30,34)(H,31,35)/t16-,17+,19-,20-,22+/m1/s1. The van der Waals surface area contributed by atoms with Gasteiger partial charge in [-0.05, 0) is 30.7 Å². The zero-order valence-electron chi connectivity index (χ0n) is 22.3. The van der Waals surface area contributed by atoms with Gasteiger partial charge in [-0.1, -0.05) is 64.4 Å². The Morgan fingerprint density at radius 1 is 0.892 bits per heavy atom. The third kappa shape index (κ3) is 11.4.